The summed E-state index contributed by atoms with van der Waals surface area (Å²) in [6.45, 7) is 2.31. The van der Waals surface area contributed by atoms with Crippen molar-refractivity contribution in [3.05, 3.63) is 47.8 Å². The molecule has 2 rings (SSSR count). The highest BCUT2D eigenvalue weighted by atomic mass is 16.4. The van der Waals surface area contributed by atoms with Gasteiger partial charge >= 0.3 is 5.97 Å². The van der Waals surface area contributed by atoms with Crippen LogP contribution in [0, 0.1) is 0 Å². The Morgan fingerprint density at radius 1 is 1.56 bits per heavy atom. The van der Waals surface area contributed by atoms with Crippen LogP contribution in [0.25, 0.3) is 6.08 Å². The van der Waals surface area contributed by atoms with Gasteiger partial charge in [0.1, 0.15) is 0 Å². The van der Waals surface area contributed by atoms with Gasteiger partial charge in [-0.2, -0.15) is 0 Å². The molecule has 0 amide bonds. The zero-order valence-electron chi connectivity index (χ0n) is 10.4. The monoisotopic (exact) mass is 245 g/mol. The first-order valence-corrected chi connectivity index (χ1v) is 5.59. The van der Waals surface area contributed by atoms with Crippen LogP contribution in [-0.4, -0.2) is 25.2 Å². The van der Waals surface area contributed by atoms with Gasteiger partial charge in [-0.25, -0.2) is 9.78 Å². The number of imidazole rings is 1. The fraction of sp³-hybridized carbons (Fsp3) is 0.231. The van der Waals surface area contributed by atoms with E-state index in [2.05, 4.69) is 4.98 Å². The second-order valence-electron chi connectivity index (χ2n) is 4.24. The Labute approximate surface area is 105 Å². The molecule has 0 saturated carbocycles. The van der Waals surface area contributed by atoms with Gasteiger partial charge < -0.3 is 14.2 Å². The molecule has 0 bridgehead atoms. The van der Waals surface area contributed by atoms with Crippen LogP contribution < -0.4 is 0 Å². The molecule has 0 aliphatic carbocycles. The second kappa shape index (κ2) is 4.91. The predicted molar refractivity (Wildman–Crippen MR) is 68.0 cm³/mol. The number of hydrogen-bond acceptors (Lipinski definition) is 2. The van der Waals surface area contributed by atoms with Crippen molar-refractivity contribution in [2.45, 2.75) is 13.5 Å². The molecule has 18 heavy (non-hydrogen) atoms. The van der Waals surface area contributed by atoms with Gasteiger partial charge in [0.25, 0.3) is 0 Å². The zero-order valence-corrected chi connectivity index (χ0v) is 10.4. The summed E-state index contributed by atoms with van der Waals surface area (Å²) in [6, 6.07) is 1.98. The minimum atomic E-state index is -0.894. The summed E-state index contributed by atoms with van der Waals surface area (Å²) in [5, 5.41) is 8.84. The number of rotatable bonds is 4. The van der Waals surface area contributed by atoms with E-state index in [0.29, 0.717) is 5.57 Å². The molecule has 94 valence electrons. The largest absolute Gasteiger partial charge is 0.478 e. The Kier molecular flexibility index (Phi) is 3.32. The first kappa shape index (κ1) is 12.2. The number of nitrogens with zero attached hydrogens (tertiary/aromatic N) is 3. The molecule has 0 unspecified atom stereocenters. The van der Waals surface area contributed by atoms with E-state index in [0.717, 1.165) is 17.8 Å². The highest BCUT2D eigenvalue weighted by Gasteiger charge is 2.05. The Bertz CT molecular complexity index is 579. The molecule has 0 spiro atoms. The molecule has 0 radical (unpaired) electrons. The molecule has 0 saturated heterocycles. The Balaban J connectivity index is 2.22. The molecule has 1 N–H and O–H groups in total. The SMILES string of the molecule is C/C(=C\c1cc(Cn2ccnc2)n(C)c1)C(=O)O. The van der Waals surface area contributed by atoms with Crippen molar-refractivity contribution in [2.24, 2.45) is 7.05 Å². The summed E-state index contributed by atoms with van der Waals surface area (Å²) in [5.41, 5.74) is 2.32. The number of carboxylic acid groups (broad SMARTS) is 1. The molecule has 0 aliphatic rings. The third kappa shape index (κ3) is 2.68. The quantitative estimate of drug-likeness (QED) is 0.835. The van der Waals surface area contributed by atoms with Crippen molar-refractivity contribution in [3.8, 4) is 0 Å². The van der Waals surface area contributed by atoms with E-state index in [1.807, 2.05) is 34.6 Å². The van der Waals surface area contributed by atoms with E-state index >= 15 is 0 Å². The van der Waals surface area contributed by atoms with Crippen LogP contribution in [-0.2, 0) is 18.4 Å². The number of aliphatic carboxylic acids is 1. The smallest absolute Gasteiger partial charge is 0.331 e. The van der Waals surface area contributed by atoms with Crippen molar-refractivity contribution < 1.29 is 9.90 Å². The van der Waals surface area contributed by atoms with E-state index in [1.165, 1.54) is 0 Å². The van der Waals surface area contributed by atoms with Crippen LogP contribution in [0.15, 0.2) is 36.6 Å². The fourth-order valence-corrected chi connectivity index (χ4v) is 1.75. The van der Waals surface area contributed by atoms with Crippen molar-refractivity contribution >= 4 is 12.0 Å². The third-order valence-corrected chi connectivity index (χ3v) is 2.75. The number of carboxylic acids is 1. The average molecular weight is 245 g/mol. The van der Waals surface area contributed by atoms with E-state index in [4.69, 9.17) is 5.11 Å². The summed E-state index contributed by atoms with van der Waals surface area (Å²) in [4.78, 5) is 14.8. The third-order valence-electron chi connectivity index (χ3n) is 2.75. The molecule has 0 aliphatic heterocycles. The molecular weight excluding hydrogens is 230 g/mol. The van der Waals surface area contributed by atoms with Gasteiger partial charge in [-0.1, -0.05) is 0 Å². The number of aromatic nitrogens is 3. The highest BCUT2D eigenvalue weighted by Crippen LogP contribution is 2.12. The molecule has 2 aromatic rings. The summed E-state index contributed by atoms with van der Waals surface area (Å²) >= 11 is 0. The van der Waals surface area contributed by atoms with Gasteiger partial charge in [0.05, 0.1) is 12.9 Å². The van der Waals surface area contributed by atoms with Crippen LogP contribution in [0.1, 0.15) is 18.2 Å². The topological polar surface area (TPSA) is 60.0 Å². The minimum absolute atomic E-state index is 0.329. The maximum Gasteiger partial charge on any atom is 0.331 e. The number of carbonyl (C=O) groups is 1. The molecule has 0 aromatic carbocycles. The van der Waals surface area contributed by atoms with Gasteiger partial charge in [0, 0.05) is 36.9 Å². The summed E-state index contributed by atoms with van der Waals surface area (Å²) < 4.78 is 3.95. The molecule has 5 nitrogen and oxygen atoms in total. The number of aryl methyl sites for hydroxylation is 1. The first-order chi connectivity index (χ1) is 8.56. The number of hydrogen-bond donors (Lipinski definition) is 1. The highest BCUT2D eigenvalue weighted by molar-refractivity contribution is 5.91. The van der Waals surface area contributed by atoms with Crippen LogP contribution in [0.3, 0.4) is 0 Å². The maximum atomic E-state index is 10.8. The van der Waals surface area contributed by atoms with Crippen LogP contribution in [0.4, 0.5) is 0 Å². The Hall–Kier alpha value is -2.30. The Morgan fingerprint density at radius 3 is 2.94 bits per heavy atom. The van der Waals surface area contributed by atoms with E-state index in [9.17, 15) is 4.79 Å². The fourth-order valence-electron chi connectivity index (χ4n) is 1.75. The van der Waals surface area contributed by atoms with Crippen LogP contribution in [0.2, 0.25) is 0 Å². The molecular formula is C13H15N3O2. The molecule has 2 heterocycles. The average Bonchev–Trinajstić information content (AvgIpc) is 2.90. The van der Waals surface area contributed by atoms with Crippen LogP contribution in [0.5, 0.6) is 0 Å². The summed E-state index contributed by atoms with van der Waals surface area (Å²) in [5.74, 6) is -0.894. The zero-order chi connectivity index (χ0) is 13.1. The molecule has 0 fully saturated rings. The van der Waals surface area contributed by atoms with E-state index in [1.54, 1.807) is 25.5 Å². The molecule has 5 heteroatoms. The van der Waals surface area contributed by atoms with Crippen LogP contribution >= 0.6 is 0 Å². The Morgan fingerprint density at radius 2 is 2.33 bits per heavy atom. The normalized spacial score (nSPS) is 11.8. The van der Waals surface area contributed by atoms with Crippen molar-refractivity contribution in [1.82, 2.24) is 14.1 Å². The van der Waals surface area contributed by atoms with Gasteiger partial charge in [0.15, 0.2) is 0 Å². The molecule has 2 aromatic heterocycles. The lowest BCUT2D eigenvalue weighted by molar-refractivity contribution is -0.132. The maximum absolute atomic E-state index is 10.8. The van der Waals surface area contributed by atoms with Crippen molar-refractivity contribution in [1.29, 1.82) is 0 Å². The van der Waals surface area contributed by atoms with Crippen molar-refractivity contribution in [2.75, 3.05) is 0 Å². The minimum Gasteiger partial charge on any atom is -0.478 e. The lowest BCUT2D eigenvalue weighted by atomic mass is 10.2. The summed E-state index contributed by atoms with van der Waals surface area (Å²) in [7, 11) is 1.94. The van der Waals surface area contributed by atoms with Gasteiger partial charge in [-0.15, -0.1) is 0 Å². The standard InChI is InChI=1S/C13H15N3O2/c1-10(13(17)18)5-11-6-12(15(2)7-11)8-16-4-3-14-9-16/h3-7,9H,8H2,1-2H3,(H,17,18)/b10-5+. The predicted octanol–water partition coefficient (Wildman–Crippen LogP) is 1.76. The lowest BCUT2D eigenvalue weighted by Gasteiger charge is -2.02. The lowest BCUT2D eigenvalue weighted by Crippen LogP contribution is -2.01. The first-order valence-electron chi connectivity index (χ1n) is 5.59. The molecule has 0 atom stereocenters. The van der Waals surface area contributed by atoms with Crippen molar-refractivity contribution in [3.63, 3.8) is 0 Å². The van der Waals surface area contributed by atoms with Gasteiger partial charge in [0.2, 0.25) is 0 Å². The van der Waals surface area contributed by atoms with E-state index < -0.39 is 5.97 Å². The van der Waals surface area contributed by atoms with Gasteiger partial charge in [-0.3, -0.25) is 0 Å². The second-order valence-corrected chi connectivity index (χ2v) is 4.24. The van der Waals surface area contributed by atoms with Gasteiger partial charge in [-0.05, 0) is 24.6 Å². The summed E-state index contributed by atoms with van der Waals surface area (Å²) in [6.07, 6.45) is 8.97. The van der Waals surface area contributed by atoms with E-state index in [-0.39, 0.29) is 0 Å².